The first-order chi connectivity index (χ1) is 13.8. The van der Waals surface area contributed by atoms with E-state index in [9.17, 15) is 13.6 Å². The quantitative estimate of drug-likeness (QED) is 0.542. The Morgan fingerprint density at radius 2 is 1.97 bits per heavy atom. The van der Waals surface area contributed by atoms with Crippen molar-refractivity contribution in [2.24, 2.45) is 0 Å². The predicted molar refractivity (Wildman–Crippen MR) is 101 cm³/mol. The molecule has 0 aliphatic rings. The molecule has 0 saturated carbocycles. The number of hydrogen-bond donors (Lipinski definition) is 1. The third-order valence-electron chi connectivity index (χ3n) is 4.16. The van der Waals surface area contributed by atoms with Crippen molar-refractivity contribution in [2.45, 2.75) is 26.5 Å². The zero-order valence-corrected chi connectivity index (χ0v) is 16.1. The summed E-state index contributed by atoms with van der Waals surface area (Å²) in [6.45, 7) is 2.11. The van der Waals surface area contributed by atoms with Gasteiger partial charge in [0.1, 0.15) is 24.0 Å². The number of carbonyl (C=O) groups is 1. The minimum Gasteiger partial charge on any atom is -0.489 e. The van der Waals surface area contributed by atoms with E-state index in [4.69, 9.17) is 21.4 Å². The first-order valence-corrected chi connectivity index (χ1v) is 9.00. The number of aryl methyl sites for hydroxylation is 3. The number of aromatic nitrogens is 2. The Kier molecular flexibility index (Phi) is 6.33. The molecule has 1 heterocycles. The second kappa shape index (κ2) is 8.91. The molecular formula is C20H17ClF2N2O4. The molecule has 0 saturated heterocycles. The molecule has 3 aromatic rings. The zero-order valence-electron chi connectivity index (χ0n) is 15.4. The monoisotopic (exact) mass is 422 g/mol. The van der Waals surface area contributed by atoms with Gasteiger partial charge in [0.25, 0.3) is 0 Å². The molecule has 0 radical (unpaired) electrons. The lowest BCUT2D eigenvalue weighted by atomic mass is 10.1. The van der Waals surface area contributed by atoms with Crippen LogP contribution in [0.25, 0.3) is 0 Å². The Hall–Kier alpha value is -3.13. The second-order valence-electron chi connectivity index (χ2n) is 6.24. The molecule has 1 N–H and O–H groups in total. The fourth-order valence-corrected chi connectivity index (χ4v) is 2.95. The van der Waals surface area contributed by atoms with E-state index in [0.29, 0.717) is 23.7 Å². The van der Waals surface area contributed by atoms with Crippen molar-refractivity contribution < 1.29 is 28.2 Å². The normalized spacial score (nSPS) is 10.8. The van der Waals surface area contributed by atoms with Gasteiger partial charge in [-0.05, 0) is 49.2 Å². The van der Waals surface area contributed by atoms with Gasteiger partial charge in [0.05, 0.1) is 0 Å². The highest BCUT2D eigenvalue weighted by molar-refractivity contribution is 6.30. The minimum absolute atomic E-state index is 0.00986. The van der Waals surface area contributed by atoms with Crippen LogP contribution in [0.4, 0.5) is 13.6 Å². The van der Waals surface area contributed by atoms with Crippen molar-refractivity contribution in [3.05, 3.63) is 75.9 Å². The van der Waals surface area contributed by atoms with Gasteiger partial charge in [-0.3, -0.25) is 4.68 Å². The summed E-state index contributed by atoms with van der Waals surface area (Å²) in [7, 11) is 0. The summed E-state index contributed by atoms with van der Waals surface area (Å²) in [5, 5.41) is 13.3. The van der Waals surface area contributed by atoms with Crippen LogP contribution in [0, 0.1) is 18.6 Å². The highest BCUT2D eigenvalue weighted by Gasteiger charge is 2.12. The number of rotatable bonds is 7. The number of nitrogens with zero attached hydrogens (tertiary/aromatic N) is 2. The SMILES string of the molecule is Cc1cc(OC(=O)O)nn1CCc1cc(Cl)ccc1OCc1ccc(F)cc1F. The zero-order chi connectivity index (χ0) is 21.0. The summed E-state index contributed by atoms with van der Waals surface area (Å²) < 4.78 is 38.7. The van der Waals surface area contributed by atoms with E-state index in [1.165, 1.54) is 18.2 Å². The van der Waals surface area contributed by atoms with Crippen molar-refractivity contribution in [2.75, 3.05) is 0 Å². The Morgan fingerprint density at radius 1 is 1.17 bits per heavy atom. The van der Waals surface area contributed by atoms with Crippen molar-refractivity contribution in [3.63, 3.8) is 0 Å². The maximum atomic E-state index is 13.8. The molecule has 6 nitrogen and oxygen atoms in total. The van der Waals surface area contributed by atoms with Gasteiger partial charge >= 0.3 is 6.16 Å². The van der Waals surface area contributed by atoms with Gasteiger partial charge in [-0.25, -0.2) is 13.6 Å². The van der Waals surface area contributed by atoms with Gasteiger partial charge in [-0.2, -0.15) is 0 Å². The Balaban J connectivity index is 1.72. The lowest BCUT2D eigenvalue weighted by Crippen LogP contribution is -2.08. The average molecular weight is 423 g/mol. The summed E-state index contributed by atoms with van der Waals surface area (Å²) in [4.78, 5) is 10.6. The summed E-state index contributed by atoms with van der Waals surface area (Å²) in [6.07, 6.45) is -0.968. The number of carboxylic acid groups (broad SMARTS) is 1. The van der Waals surface area contributed by atoms with Crippen molar-refractivity contribution in [3.8, 4) is 11.6 Å². The second-order valence-corrected chi connectivity index (χ2v) is 6.68. The van der Waals surface area contributed by atoms with Crippen LogP contribution in [0.3, 0.4) is 0 Å². The standard InChI is InChI=1S/C20H17ClF2N2O4/c1-12-8-19(29-20(26)27)24-25(12)7-6-13-9-15(21)3-5-18(13)28-11-14-2-4-16(22)10-17(14)23/h2-5,8-10H,6-7,11H2,1H3,(H,26,27). The molecule has 152 valence electrons. The van der Waals surface area contributed by atoms with Crippen molar-refractivity contribution >= 4 is 17.8 Å². The van der Waals surface area contributed by atoms with Gasteiger partial charge in [-0.1, -0.05) is 11.6 Å². The highest BCUT2D eigenvalue weighted by atomic mass is 35.5. The number of ether oxygens (including phenoxy) is 2. The van der Waals surface area contributed by atoms with Crippen LogP contribution < -0.4 is 9.47 Å². The van der Waals surface area contributed by atoms with Crippen LogP contribution in [0.15, 0.2) is 42.5 Å². The molecule has 9 heteroatoms. The number of hydrogen-bond acceptors (Lipinski definition) is 4. The number of halogens is 3. The molecule has 1 aromatic heterocycles. The largest absolute Gasteiger partial charge is 0.512 e. The van der Waals surface area contributed by atoms with E-state index < -0.39 is 17.8 Å². The number of benzene rings is 2. The van der Waals surface area contributed by atoms with Gasteiger partial charge in [-0.15, -0.1) is 5.10 Å². The molecule has 29 heavy (non-hydrogen) atoms. The molecule has 0 amide bonds. The summed E-state index contributed by atoms with van der Waals surface area (Å²) >= 11 is 6.09. The molecular weight excluding hydrogens is 406 g/mol. The van der Waals surface area contributed by atoms with E-state index in [-0.39, 0.29) is 18.1 Å². The van der Waals surface area contributed by atoms with Gasteiger partial charge < -0.3 is 14.6 Å². The molecule has 3 rings (SSSR count). The van der Waals surface area contributed by atoms with Gasteiger partial charge in [0, 0.05) is 35.0 Å². The van der Waals surface area contributed by atoms with Crippen molar-refractivity contribution in [1.82, 2.24) is 9.78 Å². The molecule has 0 unspecified atom stereocenters. The van der Waals surface area contributed by atoms with Crippen LogP contribution >= 0.6 is 11.6 Å². The maximum absolute atomic E-state index is 13.8. The third kappa shape index (κ3) is 5.45. The Morgan fingerprint density at radius 3 is 2.69 bits per heavy atom. The Labute approximate surface area is 170 Å². The molecule has 0 spiro atoms. The van der Waals surface area contributed by atoms with E-state index >= 15 is 0 Å². The smallest absolute Gasteiger partial charge is 0.489 e. The minimum atomic E-state index is -1.44. The third-order valence-corrected chi connectivity index (χ3v) is 4.40. The van der Waals surface area contributed by atoms with Crippen LogP contribution in [-0.4, -0.2) is 21.0 Å². The van der Waals surface area contributed by atoms with Gasteiger partial charge in [0.2, 0.25) is 5.88 Å². The van der Waals surface area contributed by atoms with Crippen LogP contribution in [0.1, 0.15) is 16.8 Å². The van der Waals surface area contributed by atoms with Crippen LogP contribution in [0.2, 0.25) is 5.02 Å². The van der Waals surface area contributed by atoms with Crippen molar-refractivity contribution in [1.29, 1.82) is 0 Å². The molecule has 0 atom stereocenters. The first-order valence-electron chi connectivity index (χ1n) is 8.62. The fourth-order valence-electron chi connectivity index (χ4n) is 2.75. The maximum Gasteiger partial charge on any atom is 0.512 e. The predicted octanol–water partition coefficient (Wildman–Crippen LogP) is 5.00. The van der Waals surface area contributed by atoms with Crippen LogP contribution in [-0.2, 0) is 19.6 Å². The molecule has 0 fully saturated rings. The van der Waals surface area contributed by atoms with E-state index in [0.717, 1.165) is 17.3 Å². The summed E-state index contributed by atoms with van der Waals surface area (Å²) in [5.41, 5.74) is 1.71. The van der Waals surface area contributed by atoms with E-state index in [1.807, 2.05) is 0 Å². The average Bonchev–Trinajstić information content (AvgIpc) is 2.98. The lowest BCUT2D eigenvalue weighted by molar-refractivity contribution is 0.142. The fraction of sp³-hybridized carbons (Fsp3) is 0.200. The van der Waals surface area contributed by atoms with E-state index in [2.05, 4.69) is 9.84 Å². The molecule has 0 aliphatic carbocycles. The molecule has 0 aliphatic heterocycles. The summed E-state index contributed by atoms with van der Waals surface area (Å²) in [5.74, 6) is -0.841. The highest BCUT2D eigenvalue weighted by Crippen LogP contribution is 2.26. The molecule has 0 bridgehead atoms. The van der Waals surface area contributed by atoms with Gasteiger partial charge in [0.15, 0.2) is 0 Å². The topological polar surface area (TPSA) is 73.6 Å². The van der Waals surface area contributed by atoms with Crippen LogP contribution in [0.5, 0.6) is 11.6 Å². The Bertz CT molecular complexity index is 1040. The lowest BCUT2D eigenvalue weighted by Gasteiger charge is -2.13. The van der Waals surface area contributed by atoms with E-state index in [1.54, 1.807) is 29.8 Å². The summed E-state index contributed by atoms with van der Waals surface area (Å²) in [6, 6.07) is 9.87. The first kappa shape index (κ1) is 20.6. The molecule has 2 aromatic carbocycles.